The molecule has 0 fully saturated rings. The summed E-state index contributed by atoms with van der Waals surface area (Å²) in [4.78, 5) is 13.5. The van der Waals surface area contributed by atoms with Gasteiger partial charge in [-0.2, -0.15) is 0 Å². The summed E-state index contributed by atoms with van der Waals surface area (Å²) in [6.07, 6.45) is 0. The van der Waals surface area contributed by atoms with Gasteiger partial charge >= 0.3 is 0 Å². The third-order valence-corrected chi connectivity index (χ3v) is 4.21. The van der Waals surface area contributed by atoms with E-state index in [1.807, 2.05) is 43.3 Å². The molecule has 5 nitrogen and oxygen atoms in total. The highest BCUT2D eigenvalue weighted by molar-refractivity contribution is 6.30. The molecule has 0 radical (unpaired) electrons. The minimum absolute atomic E-state index is 0.0673. The summed E-state index contributed by atoms with van der Waals surface area (Å²) >= 11 is 6.09. The van der Waals surface area contributed by atoms with Crippen molar-refractivity contribution in [2.24, 2.45) is 0 Å². The topological polar surface area (TPSA) is 52.0 Å². The summed E-state index contributed by atoms with van der Waals surface area (Å²) in [5.74, 6) is 1.35. The van der Waals surface area contributed by atoms with Crippen molar-refractivity contribution in [1.82, 2.24) is 0 Å². The summed E-state index contributed by atoms with van der Waals surface area (Å²) in [6.45, 7) is 3.83. The summed E-state index contributed by atoms with van der Waals surface area (Å²) in [6, 6.07) is 12.9. The van der Waals surface area contributed by atoms with Crippen LogP contribution in [0.4, 0.5) is 5.69 Å². The van der Waals surface area contributed by atoms with E-state index in [4.69, 9.17) is 21.1 Å². The Hall–Kier alpha value is -2.24. The number of amides is 1. The second-order valence-electron chi connectivity index (χ2n) is 5.66. The monoisotopic (exact) mass is 363 g/mol. The fourth-order valence-corrected chi connectivity index (χ4v) is 2.83. The summed E-state index contributed by atoms with van der Waals surface area (Å²) in [5.41, 5.74) is 1.66. The number of hydrogen-bond acceptors (Lipinski definition) is 3. The Kier molecular flexibility index (Phi) is 7.10. The second-order valence-corrected chi connectivity index (χ2v) is 6.10. The third-order valence-electron chi connectivity index (χ3n) is 3.97. The molecule has 2 N–H and O–H groups in total. The fourth-order valence-electron chi connectivity index (χ4n) is 2.64. The predicted octanol–water partition coefficient (Wildman–Crippen LogP) is 2.40. The van der Waals surface area contributed by atoms with E-state index in [-0.39, 0.29) is 5.91 Å². The van der Waals surface area contributed by atoms with E-state index in [1.165, 1.54) is 0 Å². The average molecular weight is 364 g/mol. The molecule has 0 aliphatic heterocycles. The molecule has 0 bridgehead atoms. The molecule has 0 aliphatic rings. The first-order valence-electron chi connectivity index (χ1n) is 8.16. The van der Waals surface area contributed by atoms with Gasteiger partial charge in [-0.25, -0.2) is 0 Å². The standard InChI is InChI=1S/C19H23ClN2O3/c1-4-22(12-14-11-15(20)9-10-17(14)24-2)13-19(23)21-16-7-5-6-8-18(16)25-3/h5-11H,4,12-13H2,1-3H3,(H,21,23)/p+1. The van der Waals surface area contributed by atoms with Crippen molar-refractivity contribution in [3.63, 3.8) is 0 Å². The van der Waals surface area contributed by atoms with Gasteiger partial charge in [0, 0.05) is 10.6 Å². The number of quaternary nitrogens is 1. The van der Waals surface area contributed by atoms with E-state index in [0.717, 1.165) is 22.8 Å². The Labute approximate surface area is 153 Å². The molecule has 6 heteroatoms. The van der Waals surface area contributed by atoms with Crippen LogP contribution in [0.15, 0.2) is 42.5 Å². The number of likely N-dealkylation sites (N-methyl/N-ethyl adjacent to an activating group) is 1. The van der Waals surface area contributed by atoms with Crippen molar-refractivity contribution < 1.29 is 19.2 Å². The number of halogens is 1. The Bertz CT molecular complexity index is 722. The van der Waals surface area contributed by atoms with E-state index in [0.29, 0.717) is 29.5 Å². The van der Waals surface area contributed by atoms with Gasteiger partial charge < -0.3 is 19.7 Å². The number of methoxy groups -OCH3 is 2. The number of para-hydroxylation sites is 2. The molecule has 0 heterocycles. The van der Waals surface area contributed by atoms with Crippen molar-refractivity contribution in [3.8, 4) is 11.5 Å². The number of ether oxygens (including phenoxy) is 2. The first-order chi connectivity index (χ1) is 12.1. The Morgan fingerprint density at radius 2 is 1.84 bits per heavy atom. The first-order valence-corrected chi connectivity index (χ1v) is 8.54. The molecule has 0 saturated heterocycles. The van der Waals surface area contributed by atoms with Gasteiger partial charge in [-0.1, -0.05) is 23.7 Å². The molecule has 0 saturated carbocycles. The van der Waals surface area contributed by atoms with Crippen LogP contribution >= 0.6 is 11.6 Å². The second kappa shape index (κ2) is 9.30. The van der Waals surface area contributed by atoms with Crippen LogP contribution < -0.4 is 19.7 Å². The molecule has 134 valence electrons. The highest BCUT2D eigenvalue weighted by atomic mass is 35.5. The van der Waals surface area contributed by atoms with Gasteiger partial charge in [0.2, 0.25) is 0 Å². The van der Waals surface area contributed by atoms with Crippen LogP contribution in [0.25, 0.3) is 0 Å². The number of carbonyl (C=O) groups is 1. The number of nitrogens with one attached hydrogen (secondary N) is 2. The number of rotatable bonds is 8. The first kappa shape index (κ1) is 19.1. The molecule has 1 atom stereocenters. The number of anilines is 1. The summed E-state index contributed by atoms with van der Waals surface area (Å²) < 4.78 is 10.7. The van der Waals surface area contributed by atoms with Crippen LogP contribution in [0, 0.1) is 0 Å². The van der Waals surface area contributed by atoms with Crippen molar-refractivity contribution in [1.29, 1.82) is 0 Å². The van der Waals surface area contributed by atoms with Gasteiger partial charge in [-0.3, -0.25) is 4.79 Å². The molecule has 25 heavy (non-hydrogen) atoms. The maximum absolute atomic E-state index is 12.4. The molecule has 2 aromatic rings. The zero-order valence-electron chi connectivity index (χ0n) is 14.8. The van der Waals surface area contributed by atoms with Crippen LogP contribution in [0.5, 0.6) is 11.5 Å². The maximum Gasteiger partial charge on any atom is 0.279 e. The molecule has 1 amide bonds. The lowest BCUT2D eigenvalue weighted by Gasteiger charge is -2.19. The van der Waals surface area contributed by atoms with Gasteiger partial charge in [0.05, 0.1) is 26.5 Å². The third kappa shape index (κ3) is 5.37. The predicted molar refractivity (Wildman–Crippen MR) is 99.7 cm³/mol. The van der Waals surface area contributed by atoms with E-state index < -0.39 is 0 Å². The zero-order chi connectivity index (χ0) is 18.2. The van der Waals surface area contributed by atoms with Gasteiger partial charge in [0.1, 0.15) is 18.0 Å². The number of hydrogen-bond donors (Lipinski definition) is 2. The van der Waals surface area contributed by atoms with Gasteiger partial charge in [0.25, 0.3) is 5.91 Å². The van der Waals surface area contributed by atoms with Crippen molar-refractivity contribution in [3.05, 3.63) is 53.1 Å². The molecule has 0 aliphatic carbocycles. The smallest absolute Gasteiger partial charge is 0.279 e. The largest absolute Gasteiger partial charge is 0.496 e. The number of carbonyl (C=O) groups excluding carboxylic acids is 1. The molecular weight excluding hydrogens is 340 g/mol. The van der Waals surface area contributed by atoms with E-state index >= 15 is 0 Å². The average Bonchev–Trinajstić information content (AvgIpc) is 2.61. The van der Waals surface area contributed by atoms with Gasteiger partial charge in [0.15, 0.2) is 6.54 Å². The lowest BCUT2D eigenvalue weighted by molar-refractivity contribution is -0.903. The van der Waals surface area contributed by atoms with Crippen LogP contribution in [-0.4, -0.2) is 33.2 Å². The summed E-state index contributed by atoms with van der Waals surface area (Å²) in [5, 5.41) is 3.57. The van der Waals surface area contributed by atoms with Crippen LogP contribution in [0.3, 0.4) is 0 Å². The maximum atomic E-state index is 12.4. The Morgan fingerprint density at radius 1 is 1.12 bits per heavy atom. The van der Waals surface area contributed by atoms with Crippen LogP contribution in [0.2, 0.25) is 5.02 Å². The molecule has 1 unspecified atom stereocenters. The quantitative estimate of drug-likeness (QED) is 0.757. The normalized spacial score (nSPS) is 11.7. The molecular formula is C19H24ClN2O3+. The van der Waals surface area contributed by atoms with E-state index in [9.17, 15) is 4.79 Å². The molecule has 0 spiro atoms. The highest BCUT2D eigenvalue weighted by Gasteiger charge is 2.17. The van der Waals surface area contributed by atoms with E-state index in [2.05, 4.69) is 5.32 Å². The minimum atomic E-state index is -0.0673. The van der Waals surface area contributed by atoms with Gasteiger partial charge in [-0.15, -0.1) is 0 Å². The van der Waals surface area contributed by atoms with Crippen LogP contribution in [-0.2, 0) is 11.3 Å². The van der Waals surface area contributed by atoms with Crippen molar-refractivity contribution >= 4 is 23.2 Å². The molecule has 2 aromatic carbocycles. The minimum Gasteiger partial charge on any atom is -0.496 e. The van der Waals surface area contributed by atoms with Crippen LogP contribution in [0.1, 0.15) is 12.5 Å². The Morgan fingerprint density at radius 3 is 2.52 bits per heavy atom. The Balaban J connectivity index is 2.04. The summed E-state index contributed by atoms with van der Waals surface area (Å²) in [7, 11) is 3.22. The highest BCUT2D eigenvalue weighted by Crippen LogP contribution is 2.23. The molecule has 2 rings (SSSR count). The number of benzene rings is 2. The lowest BCUT2D eigenvalue weighted by Crippen LogP contribution is -3.11. The van der Waals surface area contributed by atoms with Gasteiger partial charge in [-0.05, 0) is 37.3 Å². The lowest BCUT2D eigenvalue weighted by atomic mass is 10.2. The van der Waals surface area contributed by atoms with Crippen molar-refractivity contribution in [2.75, 3.05) is 32.6 Å². The fraction of sp³-hybridized carbons (Fsp3) is 0.316. The van der Waals surface area contributed by atoms with Crippen molar-refractivity contribution in [2.45, 2.75) is 13.5 Å². The zero-order valence-corrected chi connectivity index (χ0v) is 15.5. The van der Waals surface area contributed by atoms with E-state index in [1.54, 1.807) is 20.3 Å². The SMILES string of the molecule is CC[NH+](CC(=O)Nc1ccccc1OC)Cc1cc(Cl)ccc1OC. The molecule has 0 aromatic heterocycles.